The highest BCUT2D eigenvalue weighted by Crippen LogP contribution is 2.05. The summed E-state index contributed by atoms with van der Waals surface area (Å²) in [7, 11) is 0. The van der Waals surface area contributed by atoms with Crippen molar-refractivity contribution in [3.05, 3.63) is 48.6 Å². The summed E-state index contributed by atoms with van der Waals surface area (Å²) in [6.45, 7) is 1.11. The molecule has 0 aliphatic heterocycles. The van der Waals surface area contributed by atoms with Crippen LogP contribution in [0, 0.1) is 0 Å². The molecular weight excluding hydrogens is 256 g/mol. The molecular formula is C14H16N4O2. The second kappa shape index (κ2) is 6.98. The molecule has 2 heterocycles. The minimum Gasteiger partial charge on any atom is -0.465 e. The molecule has 20 heavy (non-hydrogen) atoms. The quantitative estimate of drug-likeness (QED) is 0.547. The highest BCUT2D eigenvalue weighted by atomic mass is 16.3. The third-order valence-corrected chi connectivity index (χ3v) is 2.48. The van der Waals surface area contributed by atoms with Crippen LogP contribution in [0.3, 0.4) is 0 Å². The van der Waals surface area contributed by atoms with Crippen LogP contribution >= 0.6 is 0 Å². The number of aromatic nitrogens is 1. The SMILES string of the molecule is Nc1ccc(NCCNC(=O)/C=C/c2ccco2)cn1. The number of anilines is 2. The van der Waals surface area contributed by atoms with E-state index in [2.05, 4.69) is 15.6 Å². The number of carbonyl (C=O) groups excluding carboxylic acids is 1. The molecule has 0 aliphatic rings. The minimum atomic E-state index is -0.168. The Labute approximate surface area is 116 Å². The summed E-state index contributed by atoms with van der Waals surface area (Å²) in [5.41, 5.74) is 6.34. The first-order valence-corrected chi connectivity index (χ1v) is 6.19. The number of furan rings is 1. The number of hydrogen-bond acceptors (Lipinski definition) is 5. The van der Waals surface area contributed by atoms with Gasteiger partial charge in [0.1, 0.15) is 11.6 Å². The van der Waals surface area contributed by atoms with E-state index in [-0.39, 0.29) is 5.91 Å². The standard InChI is InChI=1S/C14H16N4O2/c15-13-5-3-11(10-18-13)16-7-8-17-14(19)6-4-12-2-1-9-20-12/h1-6,9-10,16H,7-8H2,(H2,15,18)(H,17,19)/b6-4+. The largest absolute Gasteiger partial charge is 0.465 e. The molecule has 0 radical (unpaired) electrons. The van der Waals surface area contributed by atoms with Gasteiger partial charge in [0.2, 0.25) is 5.91 Å². The molecule has 104 valence electrons. The van der Waals surface area contributed by atoms with Gasteiger partial charge in [-0.2, -0.15) is 0 Å². The minimum absolute atomic E-state index is 0.168. The van der Waals surface area contributed by atoms with Crippen molar-refractivity contribution in [2.24, 2.45) is 0 Å². The number of amides is 1. The molecule has 4 N–H and O–H groups in total. The van der Waals surface area contributed by atoms with Crippen molar-refractivity contribution in [2.45, 2.75) is 0 Å². The fraction of sp³-hybridized carbons (Fsp3) is 0.143. The number of pyridine rings is 1. The van der Waals surface area contributed by atoms with Crippen molar-refractivity contribution in [1.82, 2.24) is 10.3 Å². The summed E-state index contributed by atoms with van der Waals surface area (Å²) in [6.07, 6.45) is 6.26. The number of carbonyl (C=O) groups is 1. The molecule has 2 rings (SSSR count). The van der Waals surface area contributed by atoms with Crippen molar-refractivity contribution >= 4 is 23.5 Å². The maximum absolute atomic E-state index is 11.5. The summed E-state index contributed by atoms with van der Waals surface area (Å²) in [5, 5.41) is 5.87. The number of nitrogen functional groups attached to an aromatic ring is 1. The molecule has 2 aromatic heterocycles. The molecule has 0 atom stereocenters. The van der Waals surface area contributed by atoms with Crippen molar-refractivity contribution in [2.75, 3.05) is 24.1 Å². The van der Waals surface area contributed by atoms with Gasteiger partial charge in [-0.3, -0.25) is 4.79 Å². The normalized spacial score (nSPS) is 10.6. The Bertz CT molecular complexity index is 561. The summed E-state index contributed by atoms with van der Waals surface area (Å²) in [6, 6.07) is 7.09. The van der Waals surface area contributed by atoms with Crippen LogP contribution in [0.15, 0.2) is 47.2 Å². The van der Waals surface area contributed by atoms with Gasteiger partial charge in [-0.05, 0) is 30.3 Å². The molecule has 6 nitrogen and oxygen atoms in total. The fourth-order valence-corrected chi connectivity index (χ4v) is 1.51. The molecule has 0 spiro atoms. The fourth-order valence-electron chi connectivity index (χ4n) is 1.51. The van der Waals surface area contributed by atoms with Gasteiger partial charge in [-0.15, -0.1) is 0 Å². The van der Waals surface area contributed by atoms with E-state index < -0.39 is 0 Å². The summed E-state index contributed by atoms with van der Waals surface area (Å²) in [5.74, 6) is 0.955. The van der Waals surface area contributed by atoms with Gasteiger partial charge < -0.3 is 20.8 Å². The maximum atomic E-state index is 11.5. The Morgan fingerprint density at radius 1 is 1.35 bits per heavy atom. The van der Waals surface area contributed by atoms with Crippen LogP contribution in [-0.2, 0) is 4.79 Å². The van der Waals surface area contributed by atoms with Gasteiger partial charge in [0.05, 0.1) is 18.1 Å². The van der Waals surface area contributed by atoms with Gasteiger partial charge in [0, 0.05) is 19.2 Å². The first-order chi connectivity index (χ1) is 9.74. The second-order valence-corrected chi connectivity index (χ2v) is 4.04. The van der Waals surface area contributed by atoms with E-state index >= 15 is 0 Å². The van der Waals surface area contributed by atoms with Crippen molar-refractivity contribution in [3.63, 3.8) is 0 Å². The molecule has 1 amide bonds. The van der Waals surface area contributed by atoms with Gasteiger partial charge in [0.15, 0.2) is 0 Å². The molecule has 0 unspecified atom stereocenters. The van der Waals surface area contributed by atoms with E-state index in [1.807, 2.05) is 6.07 Å². The Hall–Kier alpha value is -2.76. The predicted octanol–water partition coefficient (Wildman–Crippen LogP) is 1.50. The Balaban J connectivity index is 1.65. The van der Waals surface area contributed by atoms with Gasteiger partial charge in [-0.25, -0.2) is 4.98 Å². The van der Waals surface area contributed by atoms with Crippen molar-refractivity contribution in [1.29, 1.82) is 0 Å². The zero-order chi connectivity index (χ0) is 14.2. The number of nitrogens with one attached hydrogen (secondary N) is 2. The van der Waals surface area contributed by atoms with Crippen LogP contribution in [0.25, 0.3) is 6.08 Å². The average Bonchev–Trinajstić information content (AvgIpc) is 2.96. The van der Waals surface area contributed by atoms with E-state index in [1.165, 1.54) is 6.08 Å². The topological polar surface area (TPSA) is 93.2 Å². The first-order valence-electron chi connectivity index (χ1n) is 6.19. The number of nitrogens with two attached hydrogens (primary N) is 1. The molecule has 0 aromatic carbocycles. The maximum Gasteiger partial charge on any atom is 0.244 e. The number of rotatable bonds is 6. The van der Waals surface area contributed by atoms with Crippen LogP contribution < -0.4 is 16.4 Å². The van der Waals surface area contributed by atoms with Crippen LogP contribution in [0.5, 0.6) is 0 Å². The molecule has 0 fully saturated rings. The van der Waals surface area contributed by atoms with E-state index in [4.69, 9.17) is 10.2 Å². The van der Waals surface area contributed by atoms with Crippen molar-refractivity contribution in [3.8, 4) is 0 Å². The average molecular weight is 272 g/mol. The number of hydrogen-bond donors (Lipinski definition) is 3. The monoisotopic (exact) mass is 272 g/mol. The zero-order valence-electron chi connectivity index (χ0n) is 10.9. The van der Waals surface area contributed by atoms with E-state index in [0.717, 1.165) is 5.69 Å². The molecule has 0 aliphatic carbocycles. The van der Waals surface area contributed by atoms with Gasteiger partial charge in [0.25, 0.3) is 0 Å². The third-order valence-electron chi connectivity index (χ3n) is 2.48. The Morgan fingerprint density at radius 3 is 2.95 bits per heavy atom. The summed E-state index contributed by atoms with van der Waals surface area (Å²) >= 11 is 0. The van der Waals surface area contributed by atoms with Crippen LogP contribution in [0.4, 0.5) is 11.5 Å². The van der Waals surface area contributed by atoms with E-state index in [0.29, 0.717) is 24.7 Å². The third kappa shape index (κ3) is 4.49. The van der Waals surface area contributed by atoms with Crippen LogP contribution in [-0.4, -0.2) is 24.0 Å². The van der Waals surface area contributed by atoms with E-state index in [9.17, 15) is 4.79 Å². The highest BCUT2D eigenvalue weighted by Gasteiger charge is 1.96. The molecule has 0 saturated heterocycles. The van der Waals surface area contributed by atoms with Gasteiger partial charge in [-0.1, -0.05) is 0 Å². The zero-order valence-corrected chi connectivity index (χ0v) is 10.9. The first kappa shape index (κ1) is 13.7. The van der Waals surface area contributed by atoms with E-state index in [1.54, 1.807) is 36.7 Å². The van der Waals surface area contributed by atoms with Crippen molar-refractivity contribution < 1.29 is 9.21 Å². The molecule has 6 heteroatoms. The summed E-state index contributed by atoms with van der Waals surface area (Å²) < 4.78 is 5.08. The lowest BCUT2D eigenvalue weighted by Gasteiger charge is -2.06. The van der Waals surface area contributed by atoms with Crippen LogP contribution in [0.1, 0.15) is 5.76 Å². The lowest BCUT2D eigenvalue weighted by atomic mass is 10.4. The molecule has 0 saturated carbocycles. The predicted molar refractivity (Wildman–Crippen MR) is 77.9 cm³/mol. The summed E-state index contributed by atoms with van der Waals surface area (Å²) in [4.78, 5) is 15.5. The molecule has 2 aromatic rings. The number of nitrogens with zero attached hydrogens (tertiary/aromatic N) is 1. The molecule has 0 bridgehead atoms. The lowest BCUT2D eigenvalue weighted by Crippen LogP contribution is -2.27. The highest BCUT2D eigenvalue weighted by molar-refractivity contribution is 5.91. The van der Waals surface area contributed by atoms with Crippen LogP contribution in [0.2, 0.25) is 0 Å². The van der Waals surface area contributed by atoms with Gasteiger partial charge >= 0.3 is 0 Å². The second-order valence-electron chi connectivity index (χ2n) is 4.04. The smallest absolute Gasteiger partial charge is 0.244 e. The lowest BCUT2D eigenvalue weighted by molar-refractivity contribution is -0.116. The Kier molecular flexibility index (Phi) is 4.77. The Morgan fingerprint density at radius 2 is 2.25 bits per heavy atom.